The molecule has 3 atom stereocenters. The SMILES string of the molecule is COc1ccc(Cl)cc1S(=O)(=O)N1CC2CCC(N)C2C1. The summed E-state index contributed by atoms with van der Waals surface area (Å²) in [5.41, 5.74) is 6.08. The molecule has 21 heavy (non-hydrogen) atoms. The molecule has 2 fully saturated rings. The van der Waals surface area contributed by atoms with Crippen molar-refractivity contribution in [2.45, 2.75) is 23.8 Å². The molecule has 5 nitrogen and oxygen atoms in total. The molecule has 3 rings (SSSR count). The number of hydrogen-bond donors (Lipinski definition) is 1. The van der Waals surface area contributed by atoms with Crippen LogP contribution in [0.5, 0.6) is 5.75 Å². The van der Waals surface area contributed by atoms with Gasteiger partial charge < -0.3 is 10.5 Å². The van der Waals surface area contributed by atoms with E-state index in [0.717, 1.165) is 12.8 Å². The maximum absolute atomic E-state index is 12.9. The third kappa shape index (κ3) is 2.54. The lowest BCUT2D eigenvalue weighted by atomic mass is 9.98. The summed E-state index contributed by atoms with van der Waals surface area (Å²) in [5.74, 6) is 0.964. The normalized spacial score (nSPS) is 29.6. The number of nitrogens with two attached hydrogens (primary N) is 1. The van der Waals surface area contributed by atoms with Crippen molar-refractivity contribution in [3.63, 3.8) is 0 Å². The van der Waals surface area contributed by atoms with Gasteiger partial charge in [-0.05, 0) is 42.9 Å². The number of ether oxygens (including phenoxy) is 1. The van der Waals surface area contributed by atoms with E-state index in [1.54, 1.807) is 12.1 Å². The zero-order chi connectivity index (χ0) is 15.2. The molecule has 1 aromatic rings. The monoisotopic (exact) mass is 330 g/mol. The van der Waals surface area contributed by atoms with E-state index < -0.39 is 10.0 Å². The van der Waals surface area contributed by atoms with E-state index in [1.165, 1.54) is 17.5 Å². The van der Waals surface area contributed by atoms with Gasteiger partial charge in [0.25, 0.3) is 0 Å². The molecule has 0 aromatic heterocycles. The molecule has 0 radical (unpaired) electrons. The zero-order valence-corrected chi connectivity index (χ0v) is 13.4. The van der Waals surface area contributed by atoms with Crippen LogP contribution in [0.1, 0.15) is 12.8 Å². The van der Waals surface area contributed by atoms with E-state index in [9.17, 15) is 8.42 Å². The summed E-state index contributed by atoms with van der Waals surface area (Å²) >= 11 is 5.95. The minimum Gasteiger partial charge on any atom is -0.495 e. The molecule has 1 aliphatic heterocycles. The third-order valence-corrected chi connectivity index (χ3v) is 6.71. The second-order valence-corrected chi connectivity index (χ2v) is 8.13. The molecular formula is C14H19ClN2O3S. The predicted molar refractivity (Wildman–Crippen MR) is 81.0 cm³/mol. The van der Waals surface area contributed by atoms with Gasteiger partial charge in [-0.3, -0.25) is 0 Å². The summed E-state index contributed by atoms with van der Waals surface area (Å²) < 4.78 is 32.4. The lowest BCUT2D eigenvalue weighted by Gasteiger charge is -2.20. The Morgan fingerprint density at radius 2 is 2.10 bits per heavy atom. The molecule has 2 aliphatic rings. The van der Waals surface area contributed by atoms with Crippen molar-refractivity contribution in [3.05, 3.63) is 23.2 Å². The molecule has 1 heterocycles. The van der Waals surface area contributed by atoms with E-state index in [0.29, 0.717) is 29.8 Å². The smallest absolute Gasteiger partial charge is 0.246 e. The van der Waals surface area contributed by atoms with E-state index in [-0.39, 0.29) is 16.9 Å². The molecule has 2 N–H and O–H groups in total. The summed E-state index contributed by atoms with van der Waals surface area (Å²) in [4.78, 5) is 0.131. The van der Waals surface area contributed by atoms with Gasteiger partial charge in [0.1, 0.15) is 10.6 Å². The van der Waals surface area contributed by atoms with Crippen LogP contribution in [0.2, 0.25) is 5.02 Å². The Labute approximate surface area is 130 Å². The van der Waals surface area contributed by atoms with E-state index >= 15 is 0 Å². The Balaban J connectivity index is 1.93. The van der Waals surface area contributed by atoms with Crippen molar-refractivity contribution in [3.8, 4) is 5.75 Å². The van der Waals surface area contributed by atoms with Crippen molar-refractivity contribution in [1.29, 1.82) is 0 Å². The van der Waals surface area contributed by atoms with Gasteiger partial charge in [0.2, 0.25) is 10.0 Å². The Morgan fingerprint density at radius 3 is 2.76 bits per heavy atom. The average Bonchev–Trinajstić information content (AvgIpc) is 3.02. The van der Waals surface area contributed by atoms with Crippen LogP contribution in [0.25, 0.3) is 0 Å². The maximum atomic E-state index is 12.9. The summed E-state index contributed by atoms with van der Waals surface area (Å²) in [6.45, 7) is 1.03. The second kappa shape index (κ2) is 5.43. The highest BCUT2D eigenvalue weighted by Gasteiger charge is 2.45. The number of rotatable bonds is 3. The molecule has 116 valence electrons. The van der Waals surface area contributed by atoms with E-state index in [4.69, 9.17) is 22.1 Å². The molecule has 1 saturated heterocycles. The van der Waals surface area contributed by atoms with Gasteiger partial charge in [-0.1, -0.05) is 11.6 Å². The van der Waals surface area contributed by atoms with Crippen molar-refractivity contribution >= 4 is 21.6 Å². The number of fused-ring (bicyclic) bond motifs is 1. The molecule has 0 spiro atoms. The van der Waals surface area contributed by atoms with Crippen molar-refractivity contribution in [1.82, 2.24) is 4.31 Å². The lowest BCUT2D eigenvalue weighted by Crippen LogP contribution is -2.33. The molecule has 1 aromatic carbocycles. The van der Waals surface area contributed by atoms with Gasteiger partial charge in [-0.2, -0.15) is 4.31 Å². The maximum Gasteiger partial charge on any atom is 0.246 e. The topological polar surface area (TPSA) is 72.6 Å². The quantitative estimate of drug-likeness (QED) is 0.915. The largest absolute Gasteiger partial charge is 0.495 e. The van der Waals surface area contributed by atoms with Crippen LogP contribution < -0.4 is 10.5 Å². The first-order valence-electron chi connectivity index (χ1n) is 7.02. The Kier molecular flexibility index (Phi) is 3.90. The van der Waals surface area contributed by atoms with Gasteiger partial charge >= 0.3 is 0 Å². The van der Waals surface area contributed by atoms with Gasteiger partial charge in [-0.25, -0.2) is 8.42 Å². The van der Waals surface area contributed by atoms with Crippen LogP contribution in [0.3, 0.4) is 0 Å². The van der Waals surface area contributed by atoms with Gasteiger partial charge in [0, 0.05) is 24.2 Å². The van der Waals surface area contributed by atoms with Gasteiger partial charge in [-0.15, -0.1) is 0 Å². The van der Waals surface area contributed by atoms with Gasteiger partial charge in [0.05, 0.1) is 7.11 Å². The minimum atomic E-state index is -3.60. The molecule has 3 unspecified atom stereocenters. The molecule has 1 aliphatic carbocycles. The highest BCUT2D eigenvalue weighted by atomic mass is 35.5. The summed E-state index contributed by atoms with van der Waals surface area (Å²) in [5, 5.41) is 0.380. The first-order chi connectivity index (χ1) is 9.93. The first-order valence-corrected chi connectivity index (χ1v) is 8.84. The van der Waals surface area contributed by atoms with E-state index in [2.05, 4.69) is 0 Å². The number of benzene rings is 1. The summed E-state index contributed by atoms with van der Waals surface area (Å²) in [6, 6.07) is 4.76. The van der Waals surface area contributed by atoms with Crippen LogP contribution in [0.15, 0.2) is 23.1 Å². The Hall–Kier alpha value is -0.820. The molecule has 7 heteroatoms. The number of nitrogens with zero attached hydrogens (tertiary/aromatic N) is 1. The van der Waals surface area contributed by atoms with E-state index in [1.807, 2.05) is 0 Å². The third-order valence-electron chi connectivity index (χ3n) is 4.62. The predicted octanol–water partition coefficient (Wildman–Crippen LogP) is 1.71. The number of hydrogen-bond acceptors (Lipinski definition) is 4. The highest BCUT2D eigenvalue weighted by Crippen LogP contribution is 2.40. The minimum absolute atomic E-state index is 0.108. The Morgan fingerprint density at radius 1 is 1.33 bits per heavy atom. The van der Waals surface area contributed by atoms with Crippen LogP contribution >= 0.6 is 11.6 Å². The fraction of sp³-hybridized carbons (Fsp3) is 0.571. The zero-order valence-electron chi connectivity index (χ0n) is 11.8. The second-order valence-electron chi connectivity index (χ2n) is 5.78. The first kappa shape index (κ1) is 15.1. The molecule has 1 saturated carbocycles. The fourth-order valence-electron chi connectivity index (χ4n) is 3.45. The molecule has 0 amide bonds. The van der Waals surface area contributed by atoms with Crippen LogP contribution in [0, 0.1) is 11.8 Å². The lowest BCUT2D eigenvalue weighted by molar-refractivity contribution is 0.394. The number of sulfonamides is 1. The number of halogens is 1. The highest BCUT2D eigenvalue weighted by molar-refractivity contribution is 7.89. The summed E-state index contributed by atoms with van der Waals surface area (Å²) in [7, 11) is -2.15. The summed E-state index contributed by atoms with van der Waals surface area (Å²) in [6.07, 6.45) is 1.99. The van der Waals surface area contributed by atoms with Crippen molar-refractivity contribution < 1.29 is 13.2 Å². The van der Waals surface area contributed by atoms with Crippen molar-refractivity contribution in [2.24, 2.45) is 17.6 Å². The average molecular weight is 331 g/mol. The number of methoxy groups -OCH3 is 1. The van der Waals surface area contributed by atoms with Crippen LogP contribution in [-0.4, -0.2) is 39.0 Å². The van der Waals surface area contributed by atoms with Crippen LogP contribution in [-0.2, 0) is 10.0 Å². The van der Waals surface area contributed by atoms with Crippen molar-refractivity contribution in [2.75, 3.05) is 20.2 Å². The Bertz CT molecular complexity index is 650. The van der Waals surface area contributed by atoms with Gasteiger partial charge in [0.15, 0.2) is 0 Å². The molecule has 0 bridgehead atoms. The fourth-order valence-corrected chi connectivity index (χ4v) is 5.41. The standard InChI is InChI=1S/C14H19ClN2O3S/c1-20-13-5-3-10(15)6-14(13)21(18,19)17-7-9-2-4-12(16)11(9)8-17/h3,5-6,9,11-12H,2,4,7-8,16H2,1H3. The molecular weight excluding hydrogens is 312 g/mol. The van der Waals surface area contributed by atoms with Crippen LogP contribution in [0.4, 0.5) is 0 Å².